The molecule has 122 valence electrons. The van der Waals surface area contributed by atoms with Crippen LogP contribution in [0.3, 0.4) is 0 Å². The van der Waals surface area contributed by atoms with E-state index >= 15 is 0 Å². The lowest BCUT2D eigenvalue weighted by atomic mass is 9.79. The summed E-state index contributed by atoms with van der Waals surface area (Å²) < 4.78 is 0. The SMILES string of the molecule is CC(C)C1CCCC(NCC2CCCCC2C(=O)O)CC1. The minimum atomic E-state index is -0.581. The van der Waals surface area contributed by atoms with Crippen molar-refractivity contribution in [2.75, 3.05) is 6.54 Å². The van der Waals surface area contributed by atoms with Crippen LogP contribution in [0.1, 0.15) is 71.6 Å². The monoisotopic (exact) mass is 295 g/mol. The minimum Gasteiger partial charge on any atom is -0.481 e. The van der Waals surface area contributed by atoms with E-state index in [1.54, 1.807) is 0 Å². The average Bonchev–Trinajstić information content (AvgIpc) is 2.71. The van der Waals surface area contributed by atoms with Crippen LogP contribution in [0, 0.1) is 23.7 Å². The van der Waals surface area contributed by atoms with Gasteiger partial charge in [-0.05, 0) is 56.4 Å². The van der Waals surface area contributed by atoms with E-state index in [4.69, 9.17) is 0 Å². The second kappa shape index (κ2) is 8.17. The van der Waals surface area contributed by atoms with Crippen molar-refractivity contribution in [2.45, 2.75) is 77.7 Å². The molecule has 2 aliphatic rings. The van der Waals surface area contributed by atoms with Crippen LogP contribution in [0.25, 0.3) is 0 Å². The van der Waals surface area contributed by atoms with E-state index in [0.29, 0.717) is 12.0 Å². The third-order valence-electron chi connectivity index (χ3n) is 5.85. The van der Waals surface area contributed by atoms with Gasteiger partial charge in [-0.25, -0.2) is 0 Å². The topological polar surface area (TPSA) is 49.3 Å². The van der Waals surface area contributed by atoms with Crippen molar-refractivity contribution in [1.82, 2.24) is 5.32 Å². The van der Waals surface area contributed by atoms with E-state index in [2.05, 4.69) is 19.2 Å². The predicted molar refractivity (Wildman–Crippen MR) is 86.3 cm³/mol. The molecule has 3 heteroatoms. The van der Waals surface area contributed by atoms with E-state index < -0.39 is 5.97 Å². The van der Waals surface area contributed by atoms with Gasteiger partial charge in [0.2, 0.25) is 0 Å². The first kappa shape index (κ1) is 16.8. The Labute approximate surface area is 129 Å². The molecular weight excluding hydrogens is 262 g/mol. The lowest BCUT2D eigenvalue weighted by molar-refractivity contribution is -0.144. The molecule has 2 N–H and O–H groups in total. The molecule has 4 atom stereocenters. The van der Waals surface area contributed by atoms with Crippen LogP contribution in [-0.4, -0.2) is 23.7 Å². The van der Waals surface area contributed by atoms with E-state index in [0.717, 1.165) is 37.6 Å². The molecule has 0 aromatic carbocycles. The van der Waals surface area contributed by atoms with Gasteiger partial charge >= 0.3 is 5.97 Å². The molecule has 0 spiro atoms. The molecule has 0 aliphatic heterocycles. The summed E-state index contributed by atoms with van der Waals surface area (Å²) in [6.45, 7) is 5.60. The fourth-order valence-electron chi connectivity index (χ4n) is 4.30. The maximum atomic E-state index is 11.4. The van der Waals surface area contributed by atoms with Gasteiger partial charge in [0.1, 0.15) is 0 Å². The van der Waals surface area contributed by atoms with Crippen molar-refractivity contribution in [3.05, 3.63) is 0 Å². The summed E-state index contributed by atoms with van der Waals surface area (Å²) in [6.07, 6.45) is 10.8. The highest BCUT2D eigenvalue weighted by Crippen LogP contribution is 2.31. The van der Waals surface area contributed by atoms with Gasteiger partial charge in [0.15, 0.2) is 0 Å². The lowest BCUT2D eigenvalue weighted by Gasteiger charge is -2.30. The van der Waals surface area contributed by atoms with E-state index in [1.165, 1.54) is 38.5 Å². The van der Waals surface area contributed by atoms with Crippen LogP contribution < -0.4 is 5.32 Å². The van der Waals surface area contributed by atoms with Gasteiger partial charge in [-0.1, -0.05) is 39.5 Å². The lowest BCUT2D eigenvalue weighted by Crippen LogP contribution is -2.39. The Morgan fingerprint density at radius 2 is 1.81 bits per heavy atom. The van der Waals surface area contributed by atoms with Crippen LogP contribution >= 0.6 is 0 Å². The summed E-state index contributed by atoms with van der Waals surface area (Å²) >= 11 is 0. The van der Waals surface area contributed by atoms with Crippen LogP contribution in [0.15, 0.2) is 0 Å². The molecule has 3 nitrogen and oxygen atoms in total. The van der Waals surface area contributed by atoms with Gasteiger partial charge in [0.25, 0.3) is 0 Å². The zero-order valence-corrected chi connectivity index (χ0v) is 13.8. The Hall–Kier alpha value is -0.570. The summed E-state index contributed by atoms with van der Waals surface area (Å²) in [5.41, 5.74) is 0. The van der Waals surface area contributed by atoms with Crippen LogP contribution in [-0.2, 0) is 4.79 Å². The molecule has 0 amide bonds. The fourth-order valence-corrected chi connectivity index (χ4v) is 4.30. The summed E-state index contributed by atoms with van der Waals surface area (Å²) in [6, 6.07) is 0.616. The van der Waals surface area contributed by atoms with Crippen molar-refractivity contribution in [2.24, 2.45) is 23.7 Å². The Morgan fingerprint density at radius 3 is 2.52 bits per heavy atom. The summed E-state index contributed by atoms with van der Waals surface area (Å²) in [4.78, 5) is 11.4. The first-order valence-electron chi connectivity index (χ1n) is 9.04. The average molecular weight is 295 g/mol. The standard InChI is InChI=1S/C18H33NO2/c1-13(2)14-7-5-8-16(11-10-14)19-12-15-6-3-4-9-17(15)18(20)21/h13-17,19H,3-12H2,1-2H3,(H,20,21). The third kappa shape index (κ3) is 4.98. The smallest absolute Gasteiger partial charge is 0.306 e. The summed E-state index contributed by atoms with van der Waals surface area (Å²) in [5, 5.41) is 13.1. The number of aliphatic carboxylic acids is 1. The molecule has 2 rings (SSSR count). The van der Waals surface area contributed by atoms with Gasteiger partial charge in [-0.3, -0.25) is 4.79 Å². The van der Waals surface area contributed by atoms with Crippen LogP contribution in [0.2, 0.25) is 0 Å². The molecule has 2 saturated carbocycles. The number of carboxylic acid groups (broad SMARTS) is 1. The van der Waals surface area contributed by atoms with Crippen molar-refractivity contribution in [3.63, 3.8) is 0 Å². The Morgan fingerprint density at radius 1 is 1.05 bits per heavy atom. The molecule has 21 heavy (non-hydrogen) atoms. The number of hydrogen-bond acceptors (Lipinski definition) is 2. The molecule has 2 aliphatic carbocycles. The van der Waals surface area contributed by atoms with Gasteiger partial charge < -0.3 is 10.4 Å². The normalized spacial score (nSPS) is 34.6. The first-order chi connectivity index (χ1) is 10.1. The number of carbonyl (C=O) groups is 1. The predicted octanol–water partition coefficient (Wildman–Crippen LogP) is 4.07. The van der Waals surface area contributed by atoms with Gasteiger partial charge in [0.05, 0.1) is 5.92 Å². The molecule has 0 aromatic heterocycles. The molecule has 0 saturated heterocycles. The second-order valence-electron chi connectivity index (χ2n) is 7.61. The number of carboxylic acids is 1. The fraction of sp³-hybridized carbons (Fsp3) is 0.944. The zero-order valence-electron chi connectivity index (χ0n) is 13.8. The number of hydrogen-bond donors (Lipinski definition) is 2. The molecule has 0 radical (unpaired) electrons. The zero-order chi connectivity index (χ0) is 15.2. The van der Waals surface area contributed by atoms with E-state index in [9.17, 15) is 9.90 Å². The van der Waals surface area contributed by atoms with Gasteiger partial charge in [-0.2, -0.15) is 0 Å². The maximum absolute atomic E-state index is 11.4. The Bertz CT molecular complexity index is 329. The molecule has 4 unspecified atom stereocenters. The maximum Gasteiger partial charge on any atom is 0.306 e. The van der Waals surface area contributed by atoms with Crippen molar-refractivity contribution < 1.29 is 9.90 Å². The van der Waals surface area contributed by atoms with Gasteiger partial charge in [0, 0.05) is 6.04 Å². The van der Waals surface area contributed by atoms with Crippen molar-refractivity contribution in [3.8, 4) is 0 Å². The number of rotatable bonds is 5. The van der Waals surface area contributed by atoms with Crippen LogP contribution in [0.4, 0.5) is 0 Å². The number of nitrogens with one attached hydrogen (secondary N) is 1. The van der Waals surface area contributed by atoms with Crippen molar-refractivity contribution >= 4 is 5.97 Å². The summed E-state index contributed by atoms with van der Waals surface area (Å²) in [7, 11) is 0. The molecule has 0 aromatic rings. The molecule has 2 fully saturated rings. The third-order valence-corrected chi connectivity index (χ3v) is 5.85. The first-order valence-corrected chi connectivity index (χ1v) is 9.04. The highest BCUT2D eigenvalue weighted by Gasteiger charge is 2.31. The molecule has 0 heterocycles. The highest BCUT2D eigenvalue weighted by molar-refractivity contribution is 5.70. The Balaban J connectivity index is 1.78. The molecule has 0 bridgehead atoms. The second-order valence-corrected chi connectivity index (χ2v) is 7.61. The van der Waals surface area contributed by atoms with E-state index in [1.807, 2.05) is 0 Å². The Kier molecular flexibility index (Phi) is 6.53. The van der Waals surface area contributed by atoms with Gasteiger partial charge in [-0.15, -0.1) is 0 Å². The van der Waals surface area contributed by atoms with Crippen molar-refractivity contribution in [1.29, 1.82) is 0 Å². The highest BCUT2D eigenvalue weighted by atomic mass is 16.4. The van der Waals surface area contributed by atoms with E-state index in [-0.39, 0.29) is 5.92 Å². The largest absolute Gasteiger partial charge is 0.481 e. The van der Waals surface area contributed by atoms with Crippen LogP contribution in [0.5, 0.6) is 0 Å². The summed E-state index contributed by atoms with van der Waals surface area (Å²) in [5.74, 6) is 1.35. The molecular formula is C18H33NO2. The minimum absolute atomic E-state index is 0.111. The quantitative estimate of drug-likeness (QED) is 0.752.